The summed E-state index contributed by atoms with van der Waals surface area (Å²) < 4.78 is 2.56. The van der Waals surface area contributed by atoms with Crippen molar-refractivity contribution in [3.05, 3.63) is 12.2 Å². The zero-order valence-electron chi connectivity index (χ0n) is 21.2. The average Bonchev–Trinajstić information content (AvgIpc) is 2.62. The molecule has 0 rings (SSSR count). The second-order valence-electron chi connectivity index (χ2n) is 8.55. The van der Waals surface area contributed by atoms with Crippen molar-refractivity contribution >= 4 is 11.9 Å². The Morgan fingerprint density at radius 1 is 0.533 bits per heavy atom. The van der Waals surface area contributed by atoms with Gasteiger partial charge in [0.2, 0.25) is 0 Å². The molecule has 0 atom stereocenters. The number of hydrogen-bond acceptors (Lipinski definition) is 4. The Kier molecular flexibility index (Phi) is 23.1. The molecular formula is C24H50N2O4. The van der Waals surface area contributed by atoms with Gasteiger partial charge in [-0.3, -0.25) is 0 Å². The maximum Gasteiger partial charge on any atom is 0.0781 e. The van der Waals surface area contributed by atoms with Crippen LogP contribution < -0.4 is 10.2 Å². The van der Waals surface area contributed by atoms with Crippen LogP contribution in [0.4, 0.5) is 0 Å². The lowest BCUT2D eigenvalue weighted by molar-refractivity contribution is -0.909. The summed E-state index contributed by atoms with van der Waals surface area (Å²) in [5.41, 5.74) is 0. The predicted octanol–water partition coefficient (Wildman–Crippen LogP) is 2.37. The smallest absolute Gasteiger partial charge is 0.0781 e. The highest BCUT2D eigenvalue weighted by atomic mass is 16.4. The molecule has 0 bridgehead atoms. The molecule has 0 aliphatic rings. The summed E-state index contributed by atoms with van der Waals surface area (Å²) in [6.45, 7) is 21.8. The number of quaternary nitrogens is 2. The van der Waals surface area contributed by atoms with Gasteiger partial charge < -0.3 is 28.8 Å². The largest absolute Gasteiger partial charge is 0.545 e. The van der Waals surface area contributed by atoms with Gasteiger partial charge in [0.1, 0.15) is 0 Å². The zero-order valence-corrected chi connectivity index (χ0v) is 21.2. The van der Waals surface area contributed by atoms with Crippen LogP contribution in [0.1, 0.15) is 80.1 Å². The van der Waals surface area contributed by atoms with E-state index < -0.39 is 11.9 Å². The van der Waals surface area contributed by atoms with Gasteiger partial charge in [-0.15, -0.1) is 0 Å². The van der Waals surface area contributed by atoms with Crippen molar-refractivity contribution in [1.29, 1.82) is 0 Å². The summed E-state index contributed by atoms with van der Waals surface area (Å²) in [6, 6.07) is 0. The van der Waals surface area contributed by atoms with E-state index in [9.17, 15) is 19.8 Å². The first-order valence-electron chi connectivity index (χ1n) is 11.8. The van der Waals surface area contributed by atoms with Crippen molar-refractivity contribution < 1.29 is 28.8 Å². The minimum absolute atomic E-state index is 0.384. The summed E-state index contributed by atoms with van der Waals surface area (Å²) in [4.78, 5) is 18.8. The monoisotopic (exact) mass is 430 g/mol. The lowest BCUT2D eigenvalue weighted by Gasteiger charge is -2.33. The van der Waals surface area contributed by atoms with Gasteiger partial charge >= 0.3 is 0 Å². The molecular weight excluding hydrogens is 380 g/mol. The third kappa shape index (κ3) is 22.9. The van der Waals surface area contributed by atoms with Crippen LogP contribution in [0.2, 0.25) is 0 Å². The fraction of sp³-hybridized carbons (Fsp3) is 0.833. The molecule has 0 saturated heterocycles. The van der Waals surface area contributed by atoms with Gasteiger partial charge in [0.15, 0.2) is 0 Å². The molecule has 0 aromatic heterocycles. The SMILES string of the molecule is CCC[N+](C)(CCC)CCC.CCC[N+](C)(CCC)CCC.O=C([O-])C=CC(=O)[O-]. The number of carboxylic acid groups (broad SMARTS) is 2. The van der Waals surface area contributed by atoms with Gasteiger partial charge in [0.05, 0.1) is 65.3 Å². The number of carbonyl (C=O) groups is 2. The first-order chi connectivity index (χ1) is 14.0. The van der Waals surface area contributed by atoms with Crippen LogP contribution in [-0.2, 0) is 9.59 Å². The Morgan fingerprint density at radius 3 is 0.800 bits per heavy atom. The molecule has 0 radical (unpaired) electrons. The fourth-order valence-corrected chi connectivity index (χ4v) is 4.05. The van der Waals surface area contributed by atoms with E-state index >= 15 is 0 Å². The predicted molar refractivity (Wildman–Crippen MR) is 122 cm³/mol. The second kappa shape index (κ2) is 20.9. The molecule has 0 amide bonds. The van der Waals surface area contributed by atoms with Gasteiger partial charge in [-0.25, -0.2) is 0 Å². The lowest BCUT2D eigenvalue weighted by Crippen LogP contribution is -2.45. The second-order valence-corrected chi connectivity index (χ2v) is 8.55. The molecule has 0 aromatic carbocycles. The maximum atomic E-state index is 9.41. The third-order valence-electron chi connectivity index (χ3n) is 4.94. The number of carboxylic acids is 2. The van der Waals surface area contributed by atoms with Crippen LogP contribution in [0.5, 0.6) is 0 Å². The molecule has 0 spiro atoms. The Morgan fingerprint density at radius 2 is 0.700 bits per heavy atom. The number of aliphatic carboxylic acids is 2. The van der Waals surface area contributed by atoms with E-state index in [-0.39, 0.29) is 0 Å². The average molecular weight is 431 g/mol. The van der Waals surface area contributed by atoms with Crippen molar-refractivity contribution in [2.24, 2.45) is 0 Å². The zero-order chi connectivity index (χ0) is 24.1. The summed E-state index contributed by atoms with van der Waals surface area (Å²) in [5, 5.41) is 18.8. The molecule has 180 valence electrons. The maximum absolute atomic E-state index is 9.41. The third-order valence-corrected chi connectivity index (χ3v) is 4.94. The first kappa shape index (κ1) is 33.2. The highest BCUT2D eigenvalue weighted by Crippen LogP contribution is 2.07. The van der Waals surface area contributed by atoms with Crippen LogP contribution in [0.3, 0.4) is 0 Å². The van der Waals surface area contributed by atoms with E-state index in [0.717, 1.165) is 0 Å². The highest BCUT2D eigenvalue weighted by molar-refractivity contribution is 5.87. The summed E-state index contributed by atoms with van der Waals surface area (Å²) in [7, 11) is 4.77. The van der Waals surface area contributed by atoms with Crippen LogP contribution in [0.15, 0.2) is 12.2 Å². The molecule has 0 heterocycles. The normalized spacial score (nSPS) is 11.3. The van der Waals surface area contributed by atoms with Gasteiger partial charge in [-0.05, 0) is 50.7 Å². The van der Waals surface area contributed by atoms with E-state index in [0.29, 0.717) is 12.2 Å². The molecule has 30 heavy (non-hydrogen) atoms. The molecule has 0 unspecified atom stereocenters. The Hall–Kier alpha value is -1.40. The molecule has 0 N–H and O–H groups in total. The van der Waals surface area contributed by atoms with Crippen molar-refractivity contribution in [2.45, 2.75) is 80.1 Å². The quantitative estimate of drug-likeness (QED) is 0.313. The van der Waals surface area contributed by atoms with Crippen molar-refractivity contribution in [1.82, 2.24) is 0 Å². The summed E-state index contributed by atoms with van der Waals surface area (Å²) in [5.74, 6) is -3.09. The number of carbonyl (C=O) groups excluding carboxylic acids is 2. The van der Waals surface area contributed by atoms with Crippen molar-refractivity contribution in [3.63, 3.8) is 0 Å². The van der Waals surface area contributed by atoms with E-state index in [2.05, 4.69) is 55.6 Å². The summed E-state index contributed by atoms with van der Waals surface area (Å²) >= 11 is 0. The molecule has 0 aromatic rings. The van der Waals surface area contributed by atoms with E-state index in [4.69, 9.17) is 0 Å². The molecule has 0 aliphatic heterocycles. The highest BCUT2D eigenvalue weighted by Gasteiger charge is 2.17. The van der Waals surface area contributed by atoms with Gasteiger partial charge in [-0.2, -0.15) is 0 Å². The minimum atomic E-state index is -1.55. The van der Waals surface area contributed by atoms with Crippen LogP contribution in [0.25, 0.3) is 0 Å². The van der Waals surface area contributed by atoms with E-state index in [1.54, 1.807) is 0 Å². The lowest BCUT2D eigenvalue weighted by atomic mass is 10.2. The molecule has 6 heteroatoms. The van der Waals surface area contributed by atoms with Crippen LogP contribution >= 0.6 is 0 Å². The first-order valence-corrected chi connectivity index (χ1v) is 11.8. The minimum Gasteiger partial charge on any atom is -0.545 e. The van der Waals surface area contributed by atoms with Crippen LogP contribution in [0, 0.1) is 0 Å². The van der Waals surface area contributed by atoms with Gasteiger partial charge in [-0.1, -0.05) is 41.5 Å². The number of nitrogens with zero attached hydrogens (tertiary/aromatic N) is 2. The van der Waals surface area contributed by atoms with E-state index in [1.807, 2.05) is 0 Å². The Bertz CT molecular complexity index is 376. The number of rotatable bonds is 14. The summed E-state index contributed by atoms with van der Waals surface area (Å²) in [6.07, 6.45) is 8.66. The fourth-order valence-electron chi connectivity index (χ4n) is 4.05. The standard InChI is InChI=1S/2C10H24N.C4H4O4/c2*1-5-8-11(4,9-6-2)10-7-3;5-3(6)1-2-4(7)8/h2*5-10H2,1-4H3;1-2H,(H,5,6)(H,7,8)/q2*+1;/p-2. The Balaban J connectivity index is -0.000000370. The molecule has 0 aliphatic carbocycles. The number of hydrogen-bond donors (Lipinski definition) is 0. The van der Waals surface area contributed by atoms with Gasteiger partial charge in [0, 0.05) is 0 Å². The van der Waals surface area contributed by atoms with Crippen molar-refractivity contribution in [2.75, 3.05) is 53.4 Å². The molecule has 0 saturated carbocycles. The van der Waals surface area contributed by atoms with Crippen molar-refractivity contribution in [3.8, 4) is 0 Å². The van der Waals surface area contributed by atoms with Gasteiger partial charge in [0.25, 0.3) is 0 Å². The Labute approximate surface area is 186 Å². The van der Waals surface area contributed by atoms with Crippen LogP contribution in [-0.4, -0.2) is 74.3 Å². The molecule has 6 nitrogen and oxygen atoms in total. The topological polar surface area (TPSA) is 80.3 Å². The molecule has 0 fully saturated rings. The van der Waals surface area contributed by atoms with E-state index in [1.165, 1.54) is 86.8 Å².